The monoisotopic (exact) mass is 181 g/mol. The van der Waals surface area contributed by atoms with Gasteiger partial charge in [-0.2, -0.15) is 0 Å². The van der Waals surface area contributed by atoms with E-state index in [9.17, 15) is 0 Å². The number of nitrogens with one attached hydrogen (secondary N) is 1. The van der Waals surface area contributed by atoms with Gasteiger partial charge in [-0.3, -0.25) is 0 Å². The van der Waals surface area contributed by atoms with Crippen molar-refractivity contribution in [3.05, 3.63) is 12.4 Å². The molecule has 1 aromatic heterocycles. The molecule has 1 saturated heterocycles. The Labute approximate surface area is 76.1 Å². The van der Waals surface area contributed by atoms with Crippen molar-refractivity contribution >= 4 is 5.82 Å². The minimum absolute atomic E-state index is 0.152. The smallest absolute Gasteiger partial charge is 0.218 e. The number of hydrogen-bond donors (Lipinski definition) is 1. The minimum Gasteiger partial charge on any atom is -0.469 e. The van der Waals surface area contributed by atoms with Crippen LogP contribution in [-0.2, 0) is 4.74 Å². The molecule has 0 spiro atoms. The molecule has 2 heterocycles. The summed E-state index contributed by atoms with van der Waals surface area (Å²) in [4.78, 5) is 7.96. The molecular formula is C8H11N3O2. The van der Waals surface area contributed by atoms with Gasteiger partial charge in [-0.25, -0.2) is 9.97 Å². The van der Waals surface area contributed by atoms with Crippen molar-refractivity contribution < 1.29 is 9.47 Å². The van der Waals surface area contributed by atoms with Gasteiger partial charge in [-0.05, 0) is 0 Å². The Balaban J connectivity index is 2.01. The van der Waals surface area contributed by atoms with Crippen LogP contribution in [-0.4, -0.2) is 36.3 Å². The summed E-state index contributed by atoms with van der Waals surface area (Å²) in [6.07, 6.45) is 1.63. The first-order valence-electron chi connectivity index (χ1n) is 4.12. The zero-order valence-corrected chi connectivity index (χ0v) is 7.36. The molecule has 0 unspecified atom stereocenters. The van der Waals surface area contributed by atoms with E-state index in [1.807, 2.05) is 0 Å². The second kappa shape index (κ2) is 3.57. The highest BCUT2D eigenvalue weighted by molar-refractivity contribution is 5.36. The summed E-state index contributed by atoms with van der Waals surface area (Å²) >= 11 is 0. The molecule has 0 saturated carbocycles. The van der Waals surface area contributed by atoms with Crippen molar-refractivity contribution in [2.45, 2.75) is 6.10 Å². The van der Waals surface area contributed by atoms with E-state index in [1.54, 1.807) is 13.1 Å². The van der Waals surface area contributed by atoms with E-state index in [0.717, 1.165) is 5.82 Å². The molecule has 1 aliphatic rings. The summed E-state index contributed by atoms with van der Waals surface area (Å²) < 4.78 is 10.5. The van der Waals surface area contributed by atoms with Crippen molar-refractivity contribution in [1.82, 2.24) is 9.97 Å². The van der Waals surface area contributed by atoms with E-state index in [4.69, 9.17) is 9.47 Å². The van der Waals surface area contributed by atoms with Crippen molar-refractivity contribution in [2.75, 3.05) is 25.6 Å². The molecule has 0 aromatic carbocycles. The van der Waals surface area contributed by atoms with Gasteiger partial charge in [-0.1, -0.05) is 0 Å². The quantitative estimate of drug-likeness (QED) is 0.726. The lowest BCUT2D eigenvalue weighted by Gasteiger charge is -2.25. The normalized spacial score (nSPS) is 16.4. The van der Waals surface area contributed by atoms with Crippen LogP contribution in [0.5, 0.6) is 5.88 Å². The number of hydrogen-bond acceptors (Lipinski definition) is 5. The number of anilines is 1. The second-order valence-corrected chi connectivity index (χ2v) is 2.77. The minimum atomic E-state index is 0.152. The van der Waals surface area contributed by atoms with Gasteiger partial charge in [0.25, 0.3) is 0 Å². The maximum atomic E-state index is 5.48. The molecular weight excluding hydrogens is 170 g/mol. The largest absolute Gasteiger partial charge is 0.469 e. The van der Waals surface area contributed by atoms with E-state index in [0.29, 0.717) is 19.1 Å². The van der Waals surface area contributed by atoms with E-state index < -0.39 is 0 Å². The first-order valence-corrected chi connectivity index (χ1v) is 4.12. The molecule has 0 atom stereocenters. The molecule has 5 heteroatoms. The van der Waals surface area contributed by atoms with Gasteiger partial charge in [0.15, 0.2) is 0 Å². The Kier molecular flexibility index (Phi) is 2.27. The lowest BCUT2D eigenvalue weighted by Crippen LogP contribution is -2.38. The summed E-state index contributed by atoms with van der Waals surface area (Å²) in [7, 11) is 1.80. The summed E-state index contributed by atoms with van der Waals surface area (Å²) in [5, 5.41) is 2.91. The van der Waals surface area contributed by atoms with E-state index in [2.05, 4.69) is 15.3 Å². The number of ether oxygens (including phenoxy) is 2. The molecule has 1 fully saturated rings. The van der Waals surface area contributed by atoms with Crippen molar-refractivity contribution in [2.24, 2.45) is 0 Å². The first-order chi connectivity index (χ1) is 6.38. The van der Waals surface area contributed by atoms with E-state index in [1.165, 1.54) is 6.33 Å². The topological polar surface area (TPSA) is 56.3 Å². The third kappa shape index (κ3) is 1.86. The Morgan fingerprint density at radius 3 is 3.00 bits per heavy atom. The van der Waals surface area contributed by atoms with Crippen LogP contribution in [0.4, 0.5) is 5.82 Å². The fraction of sp³-hybridized carbons (Fsp3) is 0.500. The molecule has 0 radical (unpaired) electrons. The molecule has 0 amide bonds. The van der Waals surface area contributed by atoms with Gasteiger partial charge in [-0.15, -0.1) is 0 Å². The number of aromatic nitrogens is 2. The SMILES string of the molecule is CNc1cc(OC2COC2)ncn1. The lowest BCUT2D eigenvalue weighted by atomic mass is 10.3. The van der Waals surface area contributed by atoms with Crippen molar-refractivity contribution in [3.8, 4) is 5.88 Å². The van der Waals surface area contributed by atoms with Gasteiger partial charge in [0, 0.05) is 13.1 Å². The van der Waals surface area contributed by atoms with Crippen molar-refractivity contribution in [1.29, 1.82) is 0 Å². The van der Waals surface area contributed by atoms with Gasteiger partial charge in [0.05, 0.1) is 13.2 Å². The van der Waals surface area contributed by atoms with E-state index >= 15 is 0 Å². The summed E-state index contributed by atoms with van der Waals surface area (Å²) in [6.45, 7) is 1.30. The maximum Gasteiger partial charge on any atom is 0.218 e. The standard InChI is InChI=1S/C8H11N3O2/c1-9-7-2-8(11-5-10-7)13-6-3-12-4-6/h2,5-6H,3-4H2,1H3,(H,9,10,11). The zero-order valence-electron chi connectivity index (χ0n) is 7.36. The summed E-state index contributed by atoms with van der Waals surface area (Å²) in [6, 6.07) is 1.76. The highest BCUT2D eigenvalue weighted by Gasteiger charge is 2.20. The van der Waals surface area contributed by atoms with Crippen LogP contribution in [0.1, 0.15) is 0 Å². The van der Waals surface area contributed by atoms with Crippen LogP contribution in [0, 0.1) is 0 Å². The third-order valence-corrected chi connectivity index (χ3v) is 1.79. The van der Waals surface area contributed by atoms with Crippen LogP contribution >= 0.6 is 0 Å². The summed E-state index contributed by atoms with van der Waals surface area (Å²) in [5.41, 5.74) is 0. The van der Waals surface area contributed by atoms with Crippen LogP contribution in [0.3, 0.4) is 0 Å². The third-order valence-electron chi connectivity index (χ3n) is 1.79. The average molecular weight is 181 g/mol. The first kappa shape index (κ1) is 8.25. The Morgan fingerprint density at radius 2 is 2.38 bits per heavy atom. The fourth-order valence-corrected chi connectivity index (χ4v) is 0.994. The predicted molar refractivity (Wildman–Crippen MR) is 46.8 cm³/mol. The summed E-state index contributed by atoms with van der Waals surface area (Å²) in [5.74, 6) is 1.35. The molecule has 5 nitrogen and oxygen atoms in total. The van der Waals surface area contributed by atoms with Gasteiger partial charge in [0.1, 0.15) is 18.2 Å². The molecule has 13 heavy (non-hydrogen) atoms. The maximum absolute atomic E-state index is 5.48. The van der Waals surface area contributed by atoms with Gasteiger partial charge in [0.2, 0.25) is 5.88 Å². The zero-order chi connectivity index (χ0) is 9.10. The fourth-order valence-electron chi connectivity index (χ4n) is 0.994. The van der Waals surface area contributed by atoms with Gasteiger partial charge >= 0.3 is 0 Å². The lowest BCUT2D eigenvalue weighted by molar-refractivity contribution is -0.0813. The Hall–Kier alpha value is -1.36. The molecule has 1 aromatic rings. The molecule has 2 rings (SSSR count). The van der Waals surface area contributed by atoms with Crippen LogP contribution in [0.15, 0.2) is 12.4 Å². The number of rotatable bonds is 3. The van der Waals surface area contributed by atoms with E-state index in [-0.39, 0.29) is 6.10 Å². The predicted octanol–water partition coefficient (Wildman–Crippen LogP) is 0.296. The molecule has 1 aliphatic heterocycles. The Bertz CT molecular complexity index is 288. The van der Waals surface area contributed by atoms with Crippen LogP contribution in [0.2, 0.25) is 0 Å². The second-order valence-electron chi connectivity index (χ2n) is 2.77. The van der Waals surface area contributed by atoms with Crippen LogP contribution < -0.4 is 10.1 Å². The molecule has 70 valence electrons. The molecule has 0 aliphatic carbocycles. The Morgan fingerprint density at radius 1 is 1.54 bits per heavy atom. The highest BCUT2D eigenvalue weighted by atomic mass is 16.6. The van der Waals surface area contributed by atoms with Gasteiger partial charge < -0.3 is 14.8 Å². The number of nitrogens with zero attached hydrogens (tertiary/aromatic N) is 2. The average Bonchev–Trinajstić information content (AvgIpc) is 2.12. The molecule has 0 bridgehead atoms. The van der Waals surface area contributed by atoms with Crippen LogP contribution in [0.25, 0.3) is 0 Å². The molecule has 1 N–H and O–H groups in total. The van der Waals surface area contributed by atoms with Crippen molar-refractivity contribution in [3.63, 3.8) is 0 Å². The highest BCUT2D eigenvalue weighted by Crippen LogP contribution is 2.14.